The topological polar surface area (TPSA) is 118 Å². The minimum absolute atomic E-state index is 0.369. The molecule has 112 valence electrons. The molecule has 8 nitrogen and oxygen atoms in total. The number of aromatic nitrogens is 6. The maximum Gasteiger partial charge on any atom is 0.150 e. The number of hydrogen-bond acceptors (Lipinski definition) is 7. The predicted octanol–water partition coefficient (Wildman–Crippen LogP) is 2.14. The van der Waals surface area contributed by atoms with Crippen molar-refractivity contribution in [1.29, 1.82) is 0 Å². The van der Waals surface area contributed by atoms with Crippen LogP contribution in [-0.2, 0) is 0 Å². The third kappa shape index (κ3) is 2.64. The number of H-pyrrole nitrogens is 1. The summed E-state index contributed by atoms with van der Waals surface area (Å²) < 4.78 is 0. The van der Waals surface area contributed by atoms with Crippen molar-refractivity contribution in [1.82, 2.24) is 29.9 Å². The summed E-state index contributed by atoms with van der Waals surface area (Å²) >= 11 is 0. The summed E-state index contributed by atoms with van der Waals surface area (Å²) in [6, 6.07) is 5.68. The van der Waals surface area contributed by atoms with Crippen molar-refractivity contribution < 1.29 is 0 Å². The van der Waals surface area contributed by atoms with Crippen LogP contribution in [0.1, 0.15) is 0 Å². The molecule has 0 unspecified atom stereocenters. The molecule has 0 radical (unpaired) electrons. The molecule has 0 aliphatic carbocycles. The molecule has 0 saturated carbocycles. The van der Waals surface area contributed by atoms with Gasteiger partial charge in [-0.2, -0.15) is 0 Å². The molecule has 0 aliphatic rings. The van der Waals surface area contributed by atoms with Gasteiger partial charge in [0.25, 0.3) is 0 Å². The van der Waals surface area contributed by atoms with Gasteiger partial charge in [0.05, 0.1) is 24.1 Å². The summed E-state index contributed by atoms with van der Waals surface area (Å²) in [6.07, 6.45) is 8.21. The number of nitrogen functional groups attached to an aromatic ring is 1. The maximum atomic E-state index is 5.52. The number of nitrogens with zero attached hydrogens (tertiary/aromatic N) is 5. The van der Waals surface area contributed by atoms with Crippen LogP contribution in [0.15, 0.2) is 49.2 Å². The SMILES string of the molecule is Nc1cnc(Nc2cc3[nH]c(-c4cccnc4)nc3cn2)cn1. The number of pyridine rings is 2. The van der Waals surface area contributed by atoms with Crippen LogP contribution in [0, 0.1) is 0 Å². The molecule has 0 aliphatic heterocycles. The Morgan fingerprint density at radius 1 is 1.00 bits per heavy atom. The van der Waals surface area contributed by atoms with E-state index in [1.54, 1.807) is 24.8 Å². The normalized spacial score (nSPS) is 10.8. The first-order valence-corrected chi connectivity index (χ1v) is 6.89. The summed E-state index contributed by atoms with van der Waals surface area (Å²) in [5.74, 6) is 2.32. The van der Waals surface area contributed by atoms with E-state index < -0.39 is 0 Å². The lowest BCUT2D eigenvalue weighted by atomic mass is 10.3. The van der Waals surface area contributed by atoms with Gasteiger partial charge in [-0.25, -0.2) is 19.9 Å². The van der Waals surface area contributed by atoms with Gasteiger partial charge >= 0.3 is 0 Å². The van der Waals surface area contributed by atoms with Crippen LogP contribution in [0.2, 0.25) is 0 Å². The number of fused-ring (bicyclic) bond motifs is 1. The first-order chi connectivity index (χ1) is 11.3. The number of imidazole rings is 1. The summed E-state index contributed by atoms with van der Waals surface area (Å²) in [7, 11) is 0. The van der Waals surface area contributed by atoms with Crippen molar-refractivity contribution in [2.24, 2.45) is 0 Å². The summed E-state index contributed by atoms with van der Waals surface area (Å²) in [5, 5.41) is 3.07. The molecule has 4 aromatic heterocycles. The molecule has 0 aromatic carbocycles. The molecule has 0 atom stereocenters. The molecule has 0 saturated heterocycles. The van der Waals surface area contributed by atoms with E-state index in [9.17, 15) is 0 Å². The number of hydrogen-bond donors (Lipinski definition) is 3. The highest BCUT2D eigenvalue weighted by molar-refractivity contribution is 5.81. The Morgan fingerprint density at radius 3 is 2.70 bits per heavy atom. The van der Waals surface area contributed by atoms with Crippen LogP contribution >= 0.6 is 0 Å². The van der Waals surface area contributed by atoms with Crippen molar-refractivity contribution in [3.63, 3.8) is 0 Å². The second-order valence-electron chi connectivity index (χ2n) is 4.87. The van der Waals surface area contributed by atoms with Crippen LogP contribution in [0.5, 0.6) is 0 Å². The quantitative estimate of drug-likeness (QED) is 0.530. The largest absolute Gasteiger partial charge is 0.382 e. The fraction of sp³-hybridized carbons (Fsp3) is 0. The number of anilines is 3. The van der Waals surface area contributed by atoms with E-state index in [0.29, 0.717) is 17.5 Å². The third-order valence-electron chi connectivity index (χ3n) is 3.23. The van der Waals surface area contributed by atoms with Crippen LogP contribution in [0.25, 0.3) is 22.4 Å². The summed E-state index contributed by atoms with van der Waals surface area (Å²) in [4.78, 5) is 24.3. The van der Waals surface area contributed by atoms with Gasteiger partial charge in [-0.15, -0.1) is 0 Å². The zero-order chi connectivity index (χ0) is 15.6. The first kappa shape index (κ1) is 13.1. The van der Waals surface area contributed by atoms with E-state index in [4.69, 9.17) is 5.73 Å². The number of aromatic amines is 1. The molecule has 4 rings (SSSR count). The lowest BCUT2D eigenvalue weighted by molar-refractivity contribution is 1.19. The van der Waals surface area contributed by atoms with Crippen molar-refractivity contribution in [3.8, 4) is 11.4 Å². The van der Waals surface area contributed by atoms with Crippen LogP contribution in [0.4, 0.5) is 17.5 Å². The van der Waals surface area contributed by atoms with Gasteiger partial charge in [-0.3, -0.25) is 4.98 Å². The second-order valence-corrected chi connectivity index (χ2v) is 4.87. The zero-order valence-corrected chi connectivity index (χ0v) is 11.9. The fourth-order valence-electron chi connectivity index (χ4n) is 2.16. The van der Waals surface area contributed by atoms with Gasteiger partial charge in [0.1, 0.15) is 28.8 Å². The number of nitrogens with one attached hydrogen (secondary N) is 2. The Morgan fingerprint density at radius 2 is 1.91 bits per heavy atom. The molecular weight excluding hydrogens is 292 g/mol. The molecule has 0 fully saturated rings. The van der Waals surface area contributed by atoms with Gasteiger partial charge in [-0.1, -0.05) is 0 Å². The molecule has 0 amide bonds. The van der Waals surface area contributed by atoms with Crippen LogP contribution < -0.4 is 11.1 Å². The average molecular weight is 304 g/mol. The van der Waals surface area contributed by atoms with E-state index in [1.165, 1.54) is 6.20 Å². The number of rotatable bonds is 3. The van der Waals surface area contributed by atoms with E-state index in [0.717, 1.165) is 22.4 Å². The number of nitrogens with two attached hydrogens (primary N) is 1. The minimum Gasteiger partial charge on any atom is -0.382 e. The van der Waals surface area contributed by atoms with Crippen molar-refractivity contribution >= 4 is 28.5 Å². The van der Waals surface area contributed by atoms with Gasteiger partial charge in [0, 0.05) is 24.0 Å². The zero-order valence-electron chi connectivity index (χ0n) is 11.9. The molecule has 4 aromatic rings. The van der Waals surface area contributed by atoms with Gasteiger partial charge in [0.2, 0.25) is 0 Å². The minimum atomic E-state index is 0.369. The molecule has 4 N–H and O–H groups in total. The predicted molar refractivity (Wildman–Crippen MR) is 86.8 cm³/mol. The Hall–Kier alpha value is -3.55. The Labute approximate surface area is 130 Å². The maximum absolute atomic E-state index is 5.52. The van der Waals surface area contributed by atoms with E-state index >= 15 is 0 Å². The highest BCUT2D eigenvalue weighted by Gasteiger charge is 2.07. The Balaban J connectivity index is 1.66. The lowest BCUT2D eigenvalue weighted by Crippen LogP contribution is -1.98. The van der Waals surface area contributed by atoms with E-state index in [1.807, 2.05) is 18.2 Å². The van der Waals surface area contributed by atoms with Crippen molar-refractivity contribution in [2.75, 3.05) is 11.1 Å². The first-order valence-electron chi connectivity index (χ1n) is 6.89. The van der Waals surface area contributed by atoms with Gasteiger partial charge in [-0.05, 0) is 12.1 Å². The van der Waals surface area contributed by atoms with Crippen molar-refractivity contribution in [2.45, 2.75) is 0 Å². The summed E-state index contributed by atoms with van der Waals surface area (Å²) in [5.41, 5.74) is 8.08. The lowest BCUT2D eigenvalue weighted by Gasteiger charge is -2.03. The summed E-state index contributed by atoms with van der Waals surface area (Å²) in [6.45, 7) is 0. The molecule has 4 heterocycles. The Bertz CT molecular complexity index is 946. The van der Waals surface area contributed by atoms with Crippen LogP contribution in [0.3, 0.4) is 0 Å². The van der Waals surface area contributed by atoms with Gasteiger partial charge in [0.15, 0.2) is 0 Å². The smallest absolute Gasteiger partial charge is 0.150 e. The molecule has 23 heavy (non-hydrogen) atoms. The monoisotopic (exact) mass is 304 g/mol. The van der Waals surface area contributed by atoms with Gasteiger partial charge < -0.3 is 16.0 Å². The third-order valence-corrected chi connectivity index (χ3v) is 3.23. The van der Waals surface area contributed by atoms with Crippen LogP contribution in [-0.4, -0.2) is 29.9 Å². The average Bonchev–Trinajstić information content (AvgIpc) is 3.01. The Kier molecular flexibility index (Phi) is 3.05. The molecule has 0 spiro atoms. The highest BCUT2D eigenvalue weighted by Crippen LogP contribution is 2.21. The second kappa shape index (κ2) is 5.34. The van der Waals surface area contributed by atoms with E-state index in [2.05, 4.69) is 35.2 Å². The fourth-order valence-corrected chi connectivity index (χ4v) is 2.16. The molecule has 8 heteroatoms. The highest BCUT2D eigenvalue weighted by atomic mass is 15.1. The van der Waals surface area contributed by atoms with E-state index in [-0.39, 0.29) is 0 Å². The molecule has 0 bridgehead atoms. The van der Waals surface area contributed by atoms with Crippen molar-refractivity contribution in [3.05, 3.63) is 49.2 Å². The standard InChI is InChI=1S/C15H12N8/c16-12-7-20-14(8-18-12)23-13-4-10-11(6-19-13)22-15(21-10)9-2-1-3-17-5-9/h1-8H,(H2,16,18)(H,21,22)(H,19,20,23). The molecular formula is C15H12N8.